The first-order chi connectivity index (χ1) is 7.49. The van der Waals surface area contributed by atoms with E-state index in [4.69, 9.17) is 4.74 Å². The third-order valence-corrected chi connectivity index (χ3v) is 4.90. The van der Waals surface area contributed by atoms with Gasteiger partial charge < -0.3 is 10.1 Å². The zero-order valence-corrected chi connectivity index (χ0v) is 11.1. The molecule has 0 aromatic carbocycles. The van der Waals surface area contributed by atoms with Crippen molar-refractivity contribution in [1.29, 1.82) is 0 Å². The fourth-order valence-corrected chi connectivity index (χ4v) is 3.31. The van der Waals surface area contributed by atoms with Gasteiger partial charge in [-0.1, -0.05) is 6.92 Å². The number of sulfonamides is 1. The van der Waals surface area contributed by atoms with Crippen molar-refractivity contribution in [2.75, 3.05) is 32.5 Å². The lowest BCUT2D eigenvalue weighted by Crippen LogP contribution is -2.43. The molecule has 1 fully saturated rings. The normalized spacial score (nSPS) is 26.5. The Bertz CT molecular complexity index is 305. The van der Waals surface area contributed by atoms with Crippen LogP contribution in [0.3, 0.4) is 0 Å². The number of rotatable bonds is 6. The Morgan fingerprint density at radius 3 is 2.69 bits per heavy atom. The minimum atomic E-state index is -3.16. The molecule has 0 amide bonds. The molecule has 1 rings (SSSR count). The highest BCUT2D eigenvalue weighted by molar-refractivity contribution is 7.89. The van der Waals surface area contributed by atoms with E-state index in [-0.39, 0.29) is 17.9 Å². The van der Waals surface area contributed by atoms with Crippen molar-refractivity contribution in [3.8, 4) is 0 Å². The van der Waals surface area contributed by atoms with Gasteiger partial charge in [0.25, 0.3) is 0 Å². The Labute approximate surface area is 98.2 Å². The van der Waals surface area contributed by atoms with Crippen LogP contribution in [0.5, 0.6) is 0 Å². The first kappa shape index (κ1) is 13.9. The summed E-state index contributed by atoms with van der Waals surface area (Å²) in [4.78, 5) is 0. The topological polar surface area (TPSA) is 58.6 Å². The van der Waals surface area contributed by atoms with Crippen LogP contribution in [0.4, 0.5) is 0 Å². The standard InChI is InChI=1S/C10H22N2O3S/c1-4-11-6-8-16(13,14)12(3)10-5-7-15-9(10)2/h9-11H,4-8H2,1-3H3. The molecule has 0 spiro atoms. The van der Waals surface area contributed by atoms with Crippen LogP contribution in [0, 0.1) is 0 Å². The van der Waals surface area contributed by atoms with Crippen molar-refractivity contribution >= 4 is 10.0 Å². The van der Waals surface area contributed by atoms with Gasteiger partial charge in [0, 0.05) is 20.2 Å². The summed E-state index contributed by atoms with van der Waals surface area (Å²) in [6.45, 7) is 5.84. The quantitative estimate of drug-likeness (QED) is 0.676. The van der Waals surface area contributed by atoms with E-state index < -0.39 is 10.0 Å². The maximum absolute atomic E-state index is 12.0. The van der Waals surface area contributed by atoms with E-state index in [1.54, 1.807) is 7.05 Å². The molecule has 1 aliphatic rings. The van der Waals surface area contributed by atoms with Gasteiger partial charge in [0.2, 0.25) is 10.0 Å². The second kappa shape index (κ2) is 5.95. The second-order valence-corrected chi connectivity index (χ2v) is 6.27. The molecular weight excluding hydrogens is 228 g/mol. The van der Waals surface area contributed by atoms with Gasteiger partial charge >= 0.3 is 0 Å². The lowest BCUT2D eigenvalue weighted by Gasteiger charge is -2.26. The maximum Gasteiger partial charge on any atom is 0.215 e. The lowest BCUT2D eigenvalue weighted by molar-refractivity contribution is 0.102. The third kappa shape index (κ3) is 3.41. The Balaban J connectivity index is 2.54. The highest BCUT2D eigenvalue weighted by Crippen LogP contribution is 2.20. The van der Waals surface area contributed by atoms with Gasteiger partial charge in [-0.25, -0.2) is 8.42 Å². The maximum atomic E-state index is 12.0. The van der Waals surface area contributed by atoms with Crippen molar-refractivity contribution < 1.29 is 13.2 Å². The Morgan fingerprint density at radius 2 is 2.19 bits per heavy atom. The molecule has 0 aromatic rings. The molecule has 96 valence electrons. The SMILES string of the molecule is CCNCCS(=O)(=O)N(C)C1CCOC1C. The van der Waals surface area contributed by atoms with E-state index in [2.05, 4.69) is 5.32 Å². The fraction of sp³-hybridized carbons (Fsp3) is 1.00. The van der Waals surface area contributed by atoms with E-state index in [0.717, 1.165) is 13.0 Å². The van der Waals surface area contributed by atoms with Gasteiger partial charge in [-0.05, 0) is 19.9 Å². The molecule has 0 bridgehead atoms. The molecule has 16 heavy (non-hydrogen) atoms. The summed E-state index contributed by atoms with van der Waals surface area (Å²) in [5, 5.41) is 3.02. The van der Waals surface area contributed by atoms with Gasteiger partial charge in [-0.3, -0.25) is 0 Å². The molecule has 2 atom stereocenters. The third-order valence-electron chi connectivity index (χ3n) is 3.03. The zero-order valence-electron chi connectivity index (χ0n) is 10.3. The first-order valence-corrected chi connectivity index (χ1v) is 7.38. The summed E-state index contributed by atoms with van der Waals surface area (Å²) in [7, 11) is -1.51. The van der Waals surface area contributed by atoms with Gasteiger partial charge in [0.1, 0.15) is 0 Å². The van der Waals surface area contributed by atoms with Crippen molar-refractivity contribution in [2.24, 2.45) is 0 Å². The minimum absolute atomic E-state index is 0.00101. The summed E-state index contributed by atoms with van der Waals surface area (Å²) in [6.07, 6.45) is 0.789. The predicted molar refractivity (Wildman–Crippen MR) is 63.9 cm³/mol. The Hall–Kier alpha value is -0.170. The van der Waals surface area contributed by atoms with Gasteiger partial charge in [-0.15, -0.1) is 0 Å². The second-order valence-electron chi connectivity index (χ2n) is 4.12. The summed E-state index contributed by atoms with van der Waals surface area (Å²) in [5.74, 6) is 0.153. The summed E-state index contributed by atoms with van der Waals surface area (Å²) < 4.78 is 30.8. The van der Waals surface area contributed by atoms with Crippen LogP contribution in [0.25, 0.3) is 0 Å². The van der Waals surface area contributed by atoms with Crippen molar-refractivity contribution in [1.82, 2.24) is 9.62 Å². The molecule has 1 heterocycles. The Kier molecular flexibility index (Phi) is 5.17. The molecule has 1 aliphatic heterocycles. The van der Waals surface area contributed by atoms with Gasteiger partial charge in [0.05, 0.1) is 17.9 Å². The number of likely N-dealkylation sites (N-methyl/N-ethyl adjacent to an activating group) is 1. The Morgan fingerprint density at radius 1 is 1.50 bits per heavy atom. The average molecular weight is 250 g/mol. The molecule has 6 heteroatoms. The number of nitrogens with zero attached hydrogens (tertiary/aromatic N) is 1. The molecule has 1 N–H and O–H groups in total. The predicted octanol–water partition coefficient (Wildman–Crippen LogP) is 0.0349. The highest BCUT2D eigenvalue weighted by Gasteiger charge is 2.33. The number of hydrogen-bond acceptors (Lipinski definition) is 4. The molecule has 5 nitrogen and oxygen atoms in total. The van der Waals surface area contributed by atoms with Crippen LogP contribution >= 0.6 is 0 Å². The fourth-order valence-electron chi connectivity index (χ4n) is 1.93. The van der Waals surface area contributed by atoms with Crippen LogP contribution in [0.1, 0.15) is 20.3 Å². The zero-order chi connectivity index (χ0) is 12.2. The molecule has 0 aromatic heterocycles. The van der Waals surface area contributed by atoms with E-state index in [9.17, 15) is 8.42 Å². The first-order valence-electron chi connectivity index (χ1n) is 5.77. The van der Waals surface area contributed by atoms with Crippen LogP contribution in [0.2, 0.25) is 0 Å². The lowest BCUT2D eigenvalue weighted by atomic mass is 10.2. The number of nitrogens with one attached hydrogen (secondary N) is 1. The van der Waals surface area contributed by atoms with Crippen LogP contribution < -0.4 is 5.32 Å². The van der Waals surface area contributed by atoms with Gasteiger partial charge in [0.15, 0.2) is 0 Å². The molecule has 2 unspecified atom stereocenters. The molecule has 0 aliphatic carbocycles. The van der Waals surface area contributed by atoms with Crippen LogP contribution in [-0.4, -0.2) is 57.4 Å². The largest absolute Gasteiger partial charge is 0.377 e. The molecule has 1 saturated heterocycles. The van der Waals surface area contributed by atoms with Crippen molar-refractivity contribution in [3.05, 3.63) is 0 Å². The van der Waals surface area contributed by atoms with Crippen LogP contribution in [0.15, 0.2) is 0 Å². The van der Waals surface area contributed by atoms with Crippen LogP contribution in [-0.2, 0) is 14.8 Å². The molecule has 0 radical (unpaired) electrons. The molecular formula is C10H22N2O3S. The molecule has 0 saturated carbocycles. The van der Waals surface area contributed by atoms with E-state index in [1.807, 2.05) is 13.8 Å². The van der Waals surface area contributed by atoms with E-state index in [1.165, 1.54) is 4.31 Å². The minimum Gasteiger partial charge on any atom is -0.377 e. The van der Waals surface area contributed by atoms with E-state index >= 15 is 0 Å². The number of hydrogen-bond donors (Lipinski definition) is 1. The smallest absolute Gasteiger partial charge is 0.215 e. The summed E-state index contributed by atoms with van der Waals surface area (Å²) >= 11 is 0. The van der Waals surface area contributed by atoms with Gasteiger partial charge in [-0.2, -0.15) is 4.31 Å². The summed E-state index contributed by atoms with van der Waals surface area (Å²) in [6, 6.07) is -0.00775. The monoisotopic (exact) mass is 250 g/mol. The average Bonchev–Trinajstić information content (AvgIpc) is 2.63. The van der Waals surface area contributed by atoms with E-state index in [0.29, 0.717) is 13.2 Å². The van der Waals surface area contributed by atoms with Crippen molar-refractivity contribution in [2.45, 2.75) is 32.4 Å². The highest BCUT2D eigenvalue weighted by atomic mass is 32.2. The number of ether oxygens (including phenoxy) is 1. The summed E-state index contributed by atoms with van der Waals surface area (Å²) in [5.41, 5.74) is 0. The van der Waals surface area contributed by atoms with Crippen molar-refractivity contribution in [3.63, 3.8) is 0 Å².